The lowest BCUT2D eigenvalue weighted by Crippen LogP contribution is -2.36. The monoisotopic (exact) mass is 325 g/mol. The van der Waals surface area contributed by atoms with E-state index in [1.165, 1.54) is 0 Å². The zero-order valence-corrected chi connectivity index (χ0v) is 12.6. The number of amides is 1. The largest absolute Gasteiger partial charge is 0.369 e. The summed E-state index contributed by atoms with van der Waals surface area (Å²) in [5, 5.41) is 2.85. The standard InChI is InChI=1S/C12H16BrN5O/c1-6(2)16-11(19)7(3)18-10-9(17-12(18)14)4-8(13)5-15-10/h4-7H,1-3H3,(H2,14,17)(H,16,19). The summed E-state index contributed by atoms with van der Waals surface area (Å²) in [6.45, 7) is 5.60. The summed E-state index contributed by atoms with van der Waals surface area (Å²) in [4.78, 5) is 20.6. The highest BCUT2D eigenvalue weighted by atomic mass is 79.9. The van der Waals surface area contributed by atoms with Crippen molar-refractivity contribution in [2.75, 3.05) is 5.73 Å². The molecule has 2 aromatic rings. The van der Waals surface area contributed by atoms with Crippen LogP contribution in [0.5, 0.6) is 0 Å². The molecule has 1 unspecified atom stereocenters. The van der Waals surface area contributed by atoms with Gasteiger partial charge in [-0.1, -0.05) is 0 Å². The third-order valence-corrected chi connectivity index (χ3v) is 3.16. The highest BCUT2D eigenvalue weighted by Gasteiger charge is 2.21. The summed E-state index contributed by atoms with van der Waals surface area (Å²) in [5.74, 6) is 0.178. The zero-order chi connectivity index (χ0) is 14.2. The first-order chi connectivity index (χ1) is 8.90. The van der Waals surface area contributed by atoms with Crippen molar-refractivity contribution in [3.05, 3.63) is 16.7 Å². The number of fused-ring (bicyclic) bond motifs is 1. The molecule has 2 aromatic heterocycles. The van der Waals surface area contributed by atoms with Crippen LogP contribution in [0.15, 0.2) is 16.7 Å². The van der Waals surface area contributed by atoms with Gasteiger partial charge in [0.2, 0.25) is 11.9 Å². The number of halogens is 1. The Morgan fingerprint density at radius 3 is 2.79 bits per heavy atom. The summed E-state index contributed by atoms with van der Waals surface area (Å²) in [6.07, 6.45) is 1.66. The number of hydrogen-bond donors (Lipinski definition) is 2. The number of imidazole rings is 1. The van der Waals surface area contributed by atoms with E-state index in [1.807, 2.05) is 19.9 Å². The van der Waals surface area contributed by atoms with Gasteiger partial charge >= 0.3 is 0 Å². The minimum Gasteiger partial charge on any atom is -0.369 e. The molecule has 102 valence electrons. The minimum atomic E-state index is -0.457. The van der Waals surface area contributed by atoms with Gasteiger partial charge in [-0.2, -0.15) is 0 Å². The molecule has 0 aliphatic rings. The number of rotatable bonds is 3. The van der Waals surface area contributed by atoms with Crippen LogP contribution in [0, 0.1) is 0 Å². The van der Waals surface area contributed by atoms with E-state index in [9.17, 15) is 4.79 Å². The van der Waals surface area contributed by atoms with Crippen molar-refractivity contribution in [3.63, 3.8) is 0 Å². The van der Waals surface area contributed by atoms with Crippen molar-refractivity contribution >= 4 is 38.9 Å². The average Bonchev–Trinajstić information content (AvgIpc) is 2.62. The second kappa shape index (κ2) is 5.16. The summed E-state index contributed by atoms with van der Waals surface area (Å²) >= 11 is 3.33. The number of carbonyl (C=O) groups excluding carboxylic acids is 1. The Labute approximate surface area is 119 Å². The smallest absolute Gasteiger partial charge is 0.243 e. The van der Waals surface area contributed by atoms with Gasteiger partial charge in [0.1, 0.15) is 11.6 Å². The molecule has 0 aromatic carbocycles. The maximum absolute atomic E-state index is 12.1. The lowest BCUT2D eigenvalue weighted by atomic mass is 10.2. The van der Waals surface area contributed by atoms with Crippen LogP contribution >= 0.6 is 15.9 Å². The molecule has 1 amide bonds. The molecule has 2 rings (SSSR count). The molecule has 3 N–H and O–H groups in total. The minimum absolute atomic E-state index is 0.0769. The van der Waals surface area contributed by atoms with Crippen molar-refractivity contribution in [3.8, 4) is 0 Å². The van der Waals surface area contributed by atoms with E-state index < -0.39 is 6.04 Å². The molecule has 0 bridgehead atoms. The topological polar surface area (TPSA) is 85.8 Å². The van der Waals surface area contributed by atoms with E-state index in [0.717, 1.165) is 4.47 Å². The van der Waals surface area contributed by atoms with Crippen LogP contribution in [0.25, 0.3) is 11.2 Å². The molecule has 7 heteroatoms. The first-order valence-corrected chi connectivity index (χ1v) is 6.78. The van der Waals surface area contributed by atoms with Gasteiger partial charge in [-0.25, -0.2) is 9.97 Å². The average molecular weight is 326 g/mol. The van der Waals surface area contributed by atoms with E-state index in [0.29, 0.717) is 11.2 Å². The van der Waals surface area contributed by atoms with Crippen molar-refractivity contribution in [1.82, 2.24) is 19.9 Å². The van der Waals surface area contributed by atoms with Gasteiger partial charge in [-0.15, -0.1) is 0 Å². The lowest BCUT2D eigenvalue weighted by molar-refractivity contribution is -0.124. The summed E-state index contributed by atoms with van der Waals surface area (Å²) in [7, 11) is 0. The highest BCUT2D eigenvalue weighted by Crippen LogP contribution is 2.23. The summed E-state index contributed by atoms with van der Waals surface area (Å²) < 4.78 is 2.46. The molecule has 0 radical (unpaired) electrons. The van der Waals surface area contributed by atoms with Crippen molar-refractivity contribution in [2.24, 2.45) is 0 Å². The fraction of sp³-hybridized carbons (Fsp3) is 0.417. The summed E-state index contributed by atoms with van der Waals surface area (Å²) in [6, 6.07) is 1.44. The van der Waals surface area contributed by atoms with Crippen LogP contribution in [0.4, 0.5) is 5.95 Å². The molecule has 0 saturated carbocycles. The molecular weight excluding hydrogens is 310 g/mol. The Balaban J connectivity index is 2.44. The van der Waals surface area contributed by atoms with E-state index in [4.69, 9.17) is 5.73 Å². The zero-order valence-electron chi connectivity index (χ0n) is 11.0. The van der Waals surface area contributed by atoms with Crippen LogP contribution in [0.2, 0.25) is 0 Å². The Hall–Kier alpha value is -1.63. The van der Waals surface area contributed by atoms with Crippen LogP contribution in [0.1, 0.15) is 26.8 Å². The fourth-order valence-corrected chi connectivity index (χ4v) is 2.20. The number of nitrogens with one attached hydrogen (secondary N) is 1. The highest BCUT2D eigenvalue weighted by molar-refractivity contribution is 9.10. The number of nitrogens with two attached hydrogens (primary N) is 1. The first-order valence-electron chi connectivity index (χ1n) is 5.99. The maximum Gasteiger partial charge on any atom is 0.243 e. The van der Waals surface area contributed by atoms with E-state index in [2.05, 4.69) is 31.2 Å². The van der Waals surface area contributed by atoms with Gasteiger partial charge in [0.25, 0.3) is 0 Å². The Morgan fingerprint density at radius 2 is 2.16 bits per heavy atom. The van der Waals surface area contributed by atoms with Crippen molar-refractivity contribution in [1.29, 1.82) is 0 Å². The molecule has 0 fully saturated rings. The molecule has 0 aliphatic carbocycles. The molecule has 2 heterocycles. The number of nitrogens with zero attached hydrogens (tertiary/aromatic N) is 3. The van der Waals surface area contributed by atoms with Crippen molar-refractivity contribution < 1.29 is 4.79 Å². The van der Waals surface area contributed by atoms with Crippen molar-refractivity contribution in [2.45, 2.75) is 32.9 Å². The van der Waals surface area contributed by atoms with Crippen LogP contribution in [-0.4, -0.2) is 26.5 Å². The Morgan fingerprint density at radius 1 is 1.47 bits per heavy atom. The third-order valence-electron chi connectivity index (χ3n) is 2.72. The van der Waals surface area contributed by atoms with Gasteiger partial charge in [-0.05, 0) is 42.8 Å². The quantitative estimate of drug-likeness (QED) is 0.901. The molecular formula is C12H16BrN5O. The third kappa shape index (κ3) is 2.70. The van der Waals surface area contributed by atoms with Crippen LogP contribution in [-0.2, 0) is 4.79 Å². The van der Waals surface area contributed by atoms with Crippen LogP contribution < -0.4 is 11.1 Å². The van der Waals surface area contributed by atoms with Gasteiger partial charge in [0.15, 0.2) is 5.65 Å². The second-order valence-electron chi connectivity index (χ2n) is 4.68. The first kappa shape index (κ1) is 13.8. The van der Waals surface area contributed by atoms with Crippen LogP contribution in [0.3, 0.4) is 0 Å². The molecule has 1 atom stereocenters. The number of nitrogen functional groups attached to an aromatic ring is 1. The number of anilines is 1. The molecule has 6 nitrogen and oxygen atoms in total. The normalized spacial score (nSPS) is 12.9. The Kier molecular flexibility index (Phi) is 3.75. The van der Waals surface area contributed by atoms with Gasteiger partial charge in [0, 0.05) is 16.7 Å². The van der Waals surface area contributed by atoms with Gasteiger partial charge in [-0.3, -0.25) is 9.36 Å². The fourth-order valence-electron chi connectivity index (χ4n) is 1.88. The molecule has 19 heavy (non-hydrogen) atoms. The molecule has 0 aliphatic heterocycles. The maximum atomic E-state index is 12.1. The lowest BCUT2D eigenvalue weighted by Gasteiger charge is -2.17. The Bertz CT molecular complexity index is 622. The second-order valence-corrected chi connectivity index (χ2v) is 5.59. The number of pyridine rings is 1. The SMILES string of the molecule is CC(C)NC(=O)C(C)n1c(N)nc2cc(Br)cnc21. The number of hydrogen-bond acceptors (Lipinski definition) is 4. The van der Waals surface area contributed by atoms with E-state index in [-0.39, 0.29) is 17.9 Å². The molecule has 0 spiro atoms. The number of aromatic nitrogens is 3. The molecule has 0 saturated heterocycles. The van der Waals surface area contributed by atoms with E-state index in [1.54, 1.807) is 17.7 Å². The summed E-state index contributed by atoms with van der Waals surface area (Å²) in [5.41, 5.74) is 7.16. The van der Waals surface area contributed by atoms with E-state index >= 15 is 0 Å². The predicted molar refractivity (Wildman–Crippen MR) is 77.6 cm³/mol. The predicted octanol–water partition coefficient (Wildman–Crippen LogP) is 1.86. The van der Waals surface area contributed by atoms with Gasteiger partial charge < -0.3 is 11.1 Å². The van der Waals surface area contributed by atoms with Gasteiger partial charge in [0.05, 0.1) is 0 Å². The number of carbonyl (C=O) groups is 1.